The van der Waals surface area contributed by atoms with Crippen LogP contribution < -0.4 is 10.8 Å². The monoisotopic (exact) mass is 668 g/mol. The van der Waals surface area contributed by atoms with Crippen molar-refractivity contribution >= 4 is 35.6 Å². The number of rotatable bonds is 8. The van der Waals surface area contributed by atoms with Gasteiger partial charge in [-0.3, -0.25) is 14.0 Å². The van der Waals surface area contributed by atoms with Gasteiger partial charge in [-0.05, 0) is 50.7 Å². The molecule has 0 saturated carbocycles. The molecule has 0 spiro atoms. The summed E-state index contributed by atoms with van der Waals surface area (Å²) in [5.41, 5.74) is 0.868. The lowest BCUT2D eigenvalue weighted by atomic mass is 9.83. The summed E-state index contributed by atoms with van der Waals surface area (Å²) in [6.45, 7) is 5.15. The first kappa shape index (κ1) is 32.9. The number of quaternary nitrogens is 1. The van der Waals surface area contributed by atoms with Crippen LogP contribution in [0.5, 0.6) is 0 Å². The molecule has 3 atom stereocenters. The largest absolute Gasteiger partial charge is 0.498 e. The van der Waals surface area contributed by atoms with E-state index >= 15 is 0 Å². The van der Waals surface area contributed by atoms with Crippen molar-refractivity contribution in [3.63, 3.8) is 0 Å². The van der Waals surface area contributed by atoms with Crippen molar-refractivity contribution in [2.75, 3.05) is 52.9 Å². The molecule has 10 nitrogen and oxygen atoms in total. The van der Waals surface area contributed by atoms with Crippen molar-refractivity contribution < 1.29 is 19.2 Å². The van der Waals surface area contributed by atoms with Crippen molar-refractivity contribution in [2.45, 2.75) is 56.4 Å². The Balaban J connectivity index is 1.38. The van der Waals surface area contributed by atoms with Gasteiger partial charge in [-0.1, -0.05) is 59.6 Å². The van der Waals surface area contributed by atoms with Crippen LogP contribution in [0.1, 0.15) is 43.7 Å². The second kappa shape index (κ2) is 13.6. The lowest BCUT2D eigenvalue weighted by molar-refractivity contribution is -0.956. The molecule has 6 rings (SSSR count). The van der Waals surface area contributed by atoms with Crippen LogP contribution in [0, 0.1) is 0 Å². The number of benzene rings is 2. The quantitative estimate of drug-likeness (QED) is 0.287. The fourth-order valence-electron chi connectivity index (χ4n) is 8.20. The summed E-state index contributed by atoms with van der Waals surface area (Å²) in [7, 11) is 2.15. The number of aromatic nitrogens is 2. The number of halogens is 2. The molecule has 3 aliphatic rings. The molecule has 2 aromatic carbocycles. The molecule has 12 heteroatoms. The number of hydrogen-bond acceptors (Lipinski definition) is 7. The Morgan fingerprint density at radius 2 is 1.72 bits per heavy atom. The van der Waals surface area contributed by atoms with E-state index in [0.29, 0.717) is 53.3 Å². The fraction of sp³-hybridized carbons (Fsp3) is 0.500. The number of aromatic amines is 1. The fourth-order valence-corrected chi connectivity index (χ4v) is 8.52. The van der Waals surface area contributed by atoms with E-state index in [-0.39, 0.29) is 31.2 Å². The number of piperazine rings is 1. The molecule has 3 aliphatic heterocycles. The number of likely N-dealkylation sites (tertiary alicyclic amines) is 2. The Hall–Kier alpha value is -2.99. The van der Waals surface area contributed by atoms with Gasteiger partial charge in [-0.2, -0.15) is 0 Å². The minimum absolute atomic E-state index is 0.0161. The third-order valence-corrected chi connectivity index (χ3v) is 11.5. The first-order valence-corrected chi connectivity index (χ1v) is 16.9. The zero-order valence-electron chi connectivity index (χ0n) is 26.2. The molecule has 3 saturated heterocycles. The third-order valence-electron chi connectivity index (χ3n) is 10.7. The van der Waals surface area contributed by atoms with Crippen LogP contribution in [0.25, 0.3) is 11.3 Å². The number of nitrogens with zero attached hydrogens (tertiary/aromatic N) is 5. The van der Waals surface area contributed by atoms with Gasteiger partial charge in [-0.15, -0.1) is 0 Å². The highest BCUT2D eigenvalue weighted by Gasteiger charge is 2.60. The molecule has 4 heterocycles. The maximum absolute atomic E-state index is 13.6. The van der Waals surface area contributed by atoms with Gasteiger partial charge in [-0.25, -0.2) is 9.69 Å². The molecule has 46 heavy (non-hydrogen) atoms. The maximum Gasteiger partial charge on any atom is 0.326 e. The Bertz CT molecular complexity index is 1600. The summed E-state index contributed by atoms with van der Waals surface area (Å²) < 4.78 is 1.23. The Morgan fingerprint density at radius 3 is 2.37 bits per heavy atom. The molecule has 3 fully saturated rings. The molecule has 3 aromatic rings. The van der Waals surface area contributed by atoms with Crippen LogP contribution in [0.3, 0.4) is 0 Å². The first-order chi connectivity index (χ1) is 22.2. The van der Waals surface area contributed by atoms with Gasteiger partial charge in [0.15, 0.2) is 5.66 Å². The normalized spacial score (nSPS) is 27.1. The predicted octanol–water partition coefficient (Wildman–Crippen LogP) is 3.84. The smallest absolute Gasteiger partial charge is 0.326 e. The van der Waals surface area contributed by atoms with Crippen molar-refractivity contribution in [3.8, 4) is 11.3 Å². The van der Waals surface area contributed by atoms with Gasteiger partial charge >= 0.3 is 5.69 Å². The molecule has 1 aromatic heterocycles. The molecular formula is C34H42Cl2N6O4. The van der Waals surface area contributed by atoms with Gasteiger partial charge in [0, 0.05) is 56.8 Å². The maximum atomic E-state index is 13.6. The van der Waals surface area contributed by atoms with E-state index in [1.807, 2.05) is 36.5 Å². The molecule has 1 N–H and O–H groups in total. The number of imidazole rings is 1. The van der Waals surface area contributed by atoms with Crippen LogP contribution in [0.15, 0.2) is 59.5 Å². The number of amides is 1. The predicted molar refractivity (Wildman–Crippen MR) is 177 cm³/mol. The second-order valence-corrected chi connectivity index (χ2v) is 14.0. The number of hydrogen-bond donors (Lipinski definition) is 1. The lowest BCUT2D eigenvalue weighted by Crippen LogP contribution is -2.79. The second-order valence-electron chi connectivity index (χ2n) is 13.2. The van der Waals surface area contributed by atoms with E-state index in [1.54, 1.807) is 22.8 Å². The highest BCUT2D eigenvalue weighted by molar-refractivity contribution is 6.42. The van der Waals surface area contributed by atoms with Crippen LogP contribution in [0.2, 0.25) is 10.0 Å². The number of carboxylic acid groups (broad SMARTS) is 1. The Morgan fingerprint density at radius 1 is 1.00 bits per heavy atom. The highest BCUT2D eigenvalue weighted by atomic mass is 35.5. The number of aldehydes is 1. The SMILES string of the molecule is CN1CCC(N2CCN(C3(CC=O)CC(n4cc(-c5ccccc5)[nH]c4=O)CC[N@+]3(Cc3ccc(Cl)c(Cl)c3)C(=O)[O-])CC2)CC1. The summed E-state index contributed by atoms with van der Waals surface area (Å²) in [5, 5.41) is 14.3. The third kappa shape index (κ3) is 6.19. The number of carbonyl (C=O) groups excluding carboxylic acids is 2. The highest BCUT2D eigenvalue weighted by Crippen LogP contribution is 2.47. The van der Waals surface area contributed by atoms with Gasteiger partial charge < -0.3 is 24.6 Å². The van der Waals surface area contributed by atoms with Gasteiger partial charge in [0.2, 0.25) is 0 Å². The van der Waals surface area contributed by atoms with Gasteiger partial charge in [0.05, 0.1) is 34.7 Å². The molecule has 1 amide bonds. The number of carbonyl (C=O) groups is 2. The van der Waals surface area contributed by atoms with E-state index in [1.165, 1.54) is 0 Å². The van der Waals surface area contributed by atoms with E-state index in [0.717, 1.165) is 50.9 Å². The molecule has 0 bridgehead atoms. The van der Waals surface area contributed by atoms with E-state index < -0.39 is 16.2 Å². The zero-order valence-corrected chi connectivity index (χ0v) is 27.8. The van der Waals surface area contributed by atoms with Crippen molar-refractivity contribution in [1.82, 2.24) is 24.3 Å². The number of nitrogens with one attached hydrogen (secondary N) is 1. The first-order valence-electron chi connectivity index (χ1n) is 16.2. The van der Waals surface area contributed by atoms with E-state index in [4.69, 9.17) is 23.2 Å². The topological polar surface area (TPSA) is 105 Å². The Kier molecular flexibility index (Phi) is 9.75. The molecule has 0 aliphatic carbocycles. The van der Waals surface area contributed by atoms with Gasteiger partial charge in [0.1, 0.15) is 12.8 Å². The standard InChI is InChI=1S/C34H42Cl2N6O4/c1-38-13-9-27(10-14-38)39-15-17-40(18-16-39)34(12-20-43)22-28(41-23-31(37-32(41)44)26-5-3-2-4-6-26)11-19-42(34,33(45)46)24-25-7-8-29(35)30(36)21-25/h2-8,20-21,23,27-28H,9-19,22,24H2,1H3,(H-,37,44,45,46)/t28?,34?,42-/m0/s1. The number of piperidine rings is 2. The van der Waals surface area contributed by atoms with E-state index in [9.17, 15) is 19.5 Å². The summed E-state index contributed by atoms with van der Waals surface area (Å²) in [4.78, 5) is 49.7. The van der Waals surface area contributed by atoms with Crippen molar-refractivity contribution in [3.05, 3.63) is 80.8 Å². The summed E-state index contributed by atoms with van der Waals surface area (Å²) in [5.74, 6) is 0. The summed E-state index contributed by atoms with van der Waals surface area (Å²) in [6, 6.07) is 15.0. The number of H-pyrrole nitrogens is 1. The summed E-state index contributed by atoms with van der Waals surface area (Å²) in [6.07, 6.45) is 4.32. The van der Waals surface area contributed by atoms with Crippen LogP contribution in [-0.4, -0.2) is 106 Å². The molecule has 246 valence electrons. The Labute approximate surface area is 279 Å². The van der Waals surface area contributed by atoms with Crippen molar-refractivity contribution in [2.24, 2.45) is 0 Å². The zero-order chi connectivity index (χ0) is 32.5. The van der Waals surface area contributed by atoms with Crippen LogP contribution in [0.4, 0.5) is 4.79 Å². The average molecular weight is 670 g/mol. The van der Waals surface area contributed by atoms with Gasteiger partial charge in [0.25, 0.3) is 6.09 Å². The van der Waals surface area contributed by atoms with Crippen LogP contribution in [-0.2, 0) is 11.3 Å². The van der Waals surface area contributed by atoms with Crippen molar-refractivity contribution in [1.29, 1.82) is 0 Å². The summed E-state index contributed by atoms with van der Waals surface area (Å²) >= 11 is 12.6. The molecule has 0 radical (unpaired) electrons. The van der Waals surface area contributed by atoms with Crippen LogP contribution >= 0.6 is 23.2 Å². The molecule has 2 unspecified atom stereocenters. The van der Waals surface area contributed by atoms with E-state index in [2.05, 4.69) is 26.7 Å². The average Bonchev–Trinajstić information content (AvgIpc) is 3.46. The lowest BCUT2D eigenvalue weighted by Gasteiger charge is -2.61. The molecular weight excluding hydrogens is 627 g/mol. The minimum atomic E-state index is -1.24. The minimum Gasteiger partial charge on any atom is -0.498 e.